The van der Waals surface area contributed by atoms with Crippen molar-refractivity contribution in [1.82, 2.24) is 4.98 Å². The first-order valence-corrected chi connectivity index (χ1v) is 4.29. The Bertz CT molecular complexity index is 230. The van der Waals surface area contributed by atoms with Crippen LogP contribution < -0.4 is 0 Å². The summed E-state index contributed by atoms with van der Waals surface area (Å²) in [6, 6.07) is 0. The Labute approximate surface area is 74.3 Å². The highest BCUT2D eigenvalue weighted by Crippen LogP contribution is 2.19. The van der Waals surface area contributed by atoms with Crippen LogP contribution in [0, 0.1) is 0 Å². The van der Waals surface area contributed by atoms with Crippen LogP contribution in [0.5, 0.6) is 0 Å². The normalized spacial score (nSPS) is 10.9. The molecule has 0 aliphatic carbocycles. The summed E-state index contributed by atoms with van der Waals surface area (Å²) < 4.78 is 27.8. The molecule has 1 aromatic heterocycles. The third-order valence-corrected chi connectivity index (χ3v) is 2.31. The Balaban J connectivity index is 2.39. The van der Waals surface area contributed by atoms with E-state index in [4.69, 9.17) is 0 Å². The number of thiazole rings is 1. The molecule has 0 aliphatic rings. The van der Waals surface area contributed by atoms with Crippen molar-refractivity contribution in [2.75, 3.05) is 0 Å². The highest BCUT2D eigenvalue weighted by Gasteiger charge is 2.04. The van der Waals surface area contributed by atoms with E-state index in [0.717, 1.165) is 3.79 Å². The molecule has 6 heteroatoms. The number of rotatable bonds is 3. The van der Waals surface area contributed by atoms with E-state index < -0.39 is 6.61 Å². The molecule has 0 fully saturated rings. The van der Waals surface area contributed by atoms with Gasteiger partial charge in [0.1, 0.15) is 11.6 Å². The van der Waals surface area contributed by atoms with Crippen molar-refractivity contribution in [1.29, 1.82) is 0 Å². The van der Waals surface area contributed by atoms with E-state index in [9.17, 15) is 8.78 Å². The molecule has 0 radical (unpaired) electrons. The van der Waals surface area contributed by atoms with Gasteiger partial charge in [0, 0.05) is 0 Å². The van der Waals surface area contributed by atoms with Gasteiger partial charge in [-0.1, -0.05) is 0 Å². The van der Waals surface area contributed by atoms with Crippen LogP contribution in [0.25, 0.3) is 0 Å². The molecule has 0 spiro atoms. The number of halogens is 3. The standard InChI is InChI=1S/C5H4BrF2NOS/c6-3-1-9-4(11-3)2-10-5(7)8/h1,5H,2H2. The Morgan fingerprint density at radius 2 is 2.45 bits per heavy atom. The fourth-order valence-electron chi connectivity index (χ4n) is 0.489. The monoisotopic (exact) mass is 243 g/mol. The lowest BCUT2D eigenvalue weighted by molar-refractivity contribution is -0.137. The Kier molecular flexibility index (Phi) is 3.35. The van der Waals surface area contributed by atoms with Crippen molar-refractivity contribution in [3.63, 3.8) is 0 Å². The van der Waals surface area contributed by atoms with E-state index in [1.54, 1.807) is 6.20 Å². The van der Waals surface area contributed by atoms with E-state index in [2.05, 4.69) is 25.7 Å². The van der Waals surface area contributed by atoms with Gasteiger partial charge in [-0.2, -0.15) is 8.78 Å². The number of alkyl halides is 2. The molecular formula is C5H4BrF2NOS. The summed E-state index contributed by atoms with van der Waals surface area (Å²) in [5.41, 5.74) is 0. The van der Waals surface area contributed by atoms with Crippen LogP contribution in [0.3, 0.4) is 0 Å². The minimum atomic E-state index is -2.72. The zero-order valence-electron chi connectivity index (χ0n) is 5.26. The molecule has 0 bridgehead atoms. The van der Waals surface area contributed by atoms with Crippen LogP contribution in [-0.4, -0.2) is 11.6 Å². The van der Waals surface area contributed by atoms with Gasteiger partial charge in [-0.15, -0.1) is 11.3 Å². The minimum absolute atomic E-state index is 0.131. The Hall–Kier alpha value is -0.0700. The summed E-state index contributed by atoms with van der Waals surface area (Å²) in [6.07, 6.45) is 1.55. The van der Waals surface area contributed by atoms with Gasteiger partial charge in [-0.25, -0.2) is 4.98 Å². The molecule has 0 saturated heterocycles. The SMILES string of the molecule is FC(F)OCc1ncc(Br)s1. The van der Waals surface area contributed by atoms with Gasteiger partial charge >= 0.3 is 6.61 Å². The maximum absolute atomic E-state index is 11.5. The minimum Gasteiger partial charge on any atom is -0.316 e. The predicted octanol–water partition coefficient (Wildman–Crippen LogP) is 2.64. The van der Waals surface area contributed by atoms with Crippen LogP contribution in [0.4, 0.5) is 8.78 Å². The first-order chi connectivity index (χ1) is 5.18. The van der Waals surface area contributed by atoms with E-state index in [1.807, 2.05) is 0 Å². The highest BCUT2D eigenvalue weighted by molar-refractivity contribution is 9.11. The summed E-state index contributed by atoms with van der Waals surface area (Å²) in [5, 5.41) is 0.539. The molecule has 11 heavy (non-hydrogen) atoms. The van der Waals surface area contributed by atoms with E-state index in [1.165, 1.54) is 11.3 Å². The summed E-state index contributed by atoms with van der Waals surface area (Å²) in [7, 11) is 0. The molecule has 1 rings (SSSR count). The largest absolute Gasteiger partial charge is 0.345 e. The first-order valence-electron chi connectivity index (χ1n) is 2.68. The van der Waals surface area contributed by atoms with Gasteiger partial charge in [-0.3, -0.25) is 0 Å². The lowest BCUT2D eigenvalue weighted by Gasteiger charge is -1.96. The van der Waals surface area contributed by atoms with Crippen molar-refractivity contribution in [2.24, 2.45) is 0 Å². The van der Waals surface area contributed by atoms with Gasteiger partial charge < -0.3 is 4.74 Å². The number of ether oxygens (including phenoxy) is 1. The molecular weight excluding hydrogens is 240 g/mol. The quantitative estimate of drug-likeness (QED) is 0.815. The molecule has 1 heterocycles. The molecule has 2 nitrogen and oxygen atoms in total. The smallest absolute Gasteiger partial charge is 0.316 e. The van der Waals surface area contributed by atoms with Crippen LogP contribution in [0.2, 0.25) is 0 Å². The van der Waals surface area contributed by atoms with Crippen molar-refractivity contribution in [2.45, 2.75) is 13.2 Å². The zero-order chi connectivity index (χ0) is 8.27. The van der Waals surface area contributed by atoms with Crippen molar-refractivity contribution in [3.8, 4) is 0 Å². The van der Waals surface area contributed by atoms with Crippen molar-refractivity contribution >= 4 is 27.3 Å². The van der Waals surface area contributed by atoms with Gasteiger partial charge in [-0.05, 0) is 15.9 Å². The second-order valence-corrected chi connectivity index (χ2v) is 4.12. The van der Waals surface area contributed by atoms with Gasteiger partial charge in [0.15, 0.2) is 0 Å². The Morgan fingerprint density at radius 3 is 2.91 bits per heavy atom. The van der Waals surface area contributed by atoms with Crippen LogP contribution in [-0.2, 0) is 11.3 Å². The van der Waals surface area contributed by atoms with Crippen molar-refractivity contribution < 1.29 is 13.5 Å². The second kappa shape index (κ2) is 4.08. The molecule has 0 aromatic carbocycles. The molecule has 0 atom stereocenters. The summed E-state index contributed by atoms with van der Waals surface area (Å²) in [4.78, 5) is 3.80. The molecule has 0 aliphatic heterocycles. The summed E-state index contributed by atoms with van der Waals surface area (Å²) >= 11 is 4.43. The zero-order valence-corrected chi connectivity index (χ0v) is 7.66. The number of nitrogens with zero attached hydrogens (tertiary/aromatic N) is 1. The lowest BCUT2D eigenvalue weighted by Crippen LogP contribution is -1.98. The second-order valence-electron chi connectivity index (χ2n) is 1.63. The molecule has 0 unspecified atom stereocenters. The third kappa shape index (κ3) is 3.22. The third-order valence-electron chi connectivity index (χ3n) is 0.858. The molecule has 0 N–H and O–H groups in total. The van der Waals surface area contributed by atoms with Gasteiger partial charge in [0.05, 0.1) is 9.98 Å². The highest BCUT2D eigenvalue weighted by atomic mass is 79.9. The van der Waals surface area contributed by atoms with Crippen LogP contribution in [0.1, 0.15) is 5.01 Å². The first kappa shape index (κ1) is 9.02. The molecule has 62 valence electrons. The average molecular weight is 244 g/mol. The molecule has 1 aromatic rings. The van der Waals surface area contributed by atoms with Crippen LogP contribution >= 0.6 is 27.3 Å². The number of hydrogen-bond acceptors (Lipinski definition) is 3. The number of aromatic nitrogens is 1. The summed E-state index contributed by atoms with van der Waals surface area (Å²) in [5.74, 6) is 0. The van der Waals surface area contributed by atoms with E-state index >= 15 is 0 Å². The number of hydrogen-bond donors (Lipinski definition) is 0. The Morgan fingerprint density at radius 1 is 1.73 bits per heavy atom. The fourth-order valence-corrected chi connectivity index (χ4v) is 1.71. The van der Waals surface area contributed by atoms with Gasteiger partial charge in [0.25, 0.3) is 0 Å². The topological polar surface area (TPSA) is 22.1 Å². The molecule has 0 amide bonds. The van der Waals surface area contributed by atoms with Gasteiger partial charge in [0.2, 0.25) is 0 Å². The van der Waals surface area contributed by atoms with E-state index in [0.29, 0.717) is 5.01 Å². The fraction of sp³-hybridized carbons (Fsp3) is 0.400. The van der Waals surface area contributed by atoms with E-state index in [-0.39, 0.29) is 6.61 Å². The maximum Gasteiger partial charge on any atom is 0.345 e. The molecule has 0 saturated carbocycles. The van der Waals surface area contributed by atoms with Crippen LogP contribution in [0.15, 0.2) is 9.98 Å². The lowest BCUT2D eigenvalue weighted by atomic mass is 10.7. The average Bonchev–Trinajstić information content (AvgIpc) is 2.31. The predicted molar refractivity (Wildman–Crippen MR) is 40.6 cm³/mol. The van der Waals surface area contributed by atoms with Crippen molar-refractivity contribution in [3.05, 3.63) is 15.0 Å². The maximum atomic E-state index is 11.5. The summed E-state index contributed by atoms with van der Waals surface area (Å²) in [6.45, 7) is -2.86.